The molecule has 6 N–H and O–H groups in total. The third-order valence-electron chi connectivity index (χ3n) is 4.24. The molecular formula is C20H20N2O3. The topological polar surface area (TPSA) is 110 Å². The Morgan fingerprint density at radius 1 is 0.800 bits per heavy atom. The lowest BCUT2D eigenvalue weighted by atomic mass is 9.86. The van der Waals surface area contributed by atoms with Crippen LogP contribution in [0.2, 0.25) is 0 Å². The Labute approximate surface area is 145 Å². The maximum Gasteiger partial charge on any atom is 0.185 e. The number of nitrogen functional groups attached to an aromatic ring is 2. The molecule has 0 aliphatic heterocycles. The van der Waals surface area contributed by atoms with E-state index in [0.29, 0.717) is 46.5 Å². The van der Waals surface area contributed by atoms with Gasteiger partial charge >= 0.3 is 0 Å². The van der Waals surface area contributed by atoms with Crippen molar-refractivity contribution in [1.82, 2.24) is 0 Å². The van der Waals surface area contributed by atoms with E-state index in [4.69, 9.17) is 11.5 Å². The summed E-state index contributed by atoms with van der Waals surface area (Å²) in [5, 5.41) is 20.0. The van der Waals surface area contributed by atoms with Gasteiger partial charge in [-0.15, -0.1) is 0 Å². The second-order valence-electron chi connectivity index (χ2n) is 6.16. The van der Waals surface area contributed by atoms with Gasteiger partial charge in [-0.05, 0) is 55.7 Å². The van der Waals surface area contributed by atoms with Gasteiger partial charge in [-0.25, -0.2) is 0 Å². The van der Waals surface area contributed by atoms with Gasteiger partial charge in [-0.3, -0.25) is 4.79 Å². The number of rotatable bonds is 2. The van der Waals surface area contributed by atoms with Crippen molar-refractivity contribution in [1.29, 1.82) is 0 Å². The Morgan fingerprint density at radius 2 is 1.24 bits per heavy atom. The standard InChI is InChI=1S/C20H20N2O3/c21-16-6-4-12(18(23)10-16)8-14-2-1-3-15(20(14)25)9-13-5-7-17(22)11-19(13)24/h4-11,23-24H,1-3,21-22H2/b14-8+,15-9+. The minimum absolute atomic E-state index is 0.0487. The number of hydrogen-bond donors (Lipinski definition) is 4. The van der Waals surface area contributed by atoms with Gasteiger partial charge in [0.1, 0.15) is 11.5 Å². The number of nitrogens with two attached hydrogens (primary N) is 2. The molecule has 5 nitrogen and oxygen atoms in total. The largest absolute Gasteiger partial charge is 0.507 e. The highest BCUT2D eigenvalue weighted by atomic mass is 16.3. The molecule has 0 unspecified atom stereocenters. The van der Waals surface area contributed by atoms with Gasteiger partial charge in [-0.1, -0.05) is 0 Å². The molecule has 1 aliphatic carbocycles. The second-order valence-corrected chi connectivity index (χ2v) is 6.16. The van der Waals surface area contributed by atoms with Gasteiger partial charge in [0.2, 0.25) is 0 Å². The van der Waals surface area contributed by atoms with Gasteiger partial charge in [0.15, 0.2) is 5.78 Å². The van der Waals surface area contributed by atoms with Gasteiger partial charge in [0.05, 0.1) is 0 Å². The van der Waals surface area contributed by atoms with Crippen LogP contribution in [0.15, 0.2) is 47.5 Å². The number of anilines is 2. The van der Waals surface area contributed by atoms with Gasteiger partial charge in [0, 0.05) is 45.8 Å². The first-order valence-corrected chi connectivity index (χ1v) is 8.07. The summed E-state index contributed by atoms with van der Waals surface area (Å²) in [5.41, 5.74) is 14.6. The average molecular weight is 336 g/mol. The molecule has 0 radical (unpaired) electrons. The fourth-order valence-corrected chi connectivity index (χ4v) is 2.92. The molecule has 1 fully saturated rings. The van der Waals surface area contributed by atoms with Crippen LogP contribution in [0.3, 0.4) is 0 Å². The zero-order chi connectivity index (χ0) is 18.0. The Morgan fingerprint density at radius 3 is 1.64 bits per heavy atom. The molecule has 0 spiro atoms. The van der Waals surface area contributed by atoms with Gasteiger partial charge in [0.25, 0.3) is 0 Å². The van der Waals surface area contributed by atoms with Gasteiger partial charge in [-0.2, -0.15) is 0 Å². The zero-order valence-electron chi connectivity index (χ0n) is 13.7. The summed E-state index contributed by atoms with van der Waals surface area (Å²) in [6.07, 6.45) is 5.52. The molecule has 5 heteroatoms. The molecular weight excluding hydrogens is 316 g/mol. The molecule has 0 heterocycles. The van der Waals surface area contributed by atoms with E-state index in [0.717, 1.165) is 6.42 Å². The minimum atomic E-state index is -0.0706. The molecule has 0 amide bonds. The third kappa shape index (κ3) is 3.66. The Bertz CT molecular complexity index is 826. The number of carbonyl (C=O) groups is 1. The number of Topliss-reactive ketones (excluding diaryl/α,β-unsaturated/α-hetero) is 1. The number of hydrogen-bond acceptors (Lipinski definition) is 5. The van der Waals surface area contributed by atoms with Crippen molar-refractivity contribution in [3.8, 4) is 11.5 Å². The molecule has 0 saturated heterocycles. The summed E-state index contributed by atoms with van der Waals surface area (Å²) in [4.78, 5) is 12.7. The van der Waals surface area contributed by atoms with Gasteiger partial charge < -0.3 is 21.7 Å². The van der Waals surface area contributed by atoms with Crippen molar-refractivity contribution in [2.45, 2.75) is 19.3 Å². The van der Waals surface area contributed by atoms with Crippen molar-refractivity contribution < 1.29 is 15.0 Å². The predicted octanol–water partition coefficient (Wildman–Crippen LogP) is 3.48. The van der Waals surface area contributed by atoms with E-state index in [-0.39, 0.29) is 17.3 Å². The highest BCUT2D eigenvalue weighted by Gasteiger charge is 2.21. The summed E-state index contributed by atoms with van der Waals surface area (Å²) in [6, 6.07) is 9.67. The van der Waals surface area contributed by atoms with E-state index < -0.39 is 0 Å². The van der Waals surface area contributed by atoms with Crippen molar-refractivity contribution in [2.24, 2.45) is 0 Å². The first kappa shape index (κ1) is 16.6. The number of allylic oxidation sites excluding steroid dienone is 2. The highest BCUT2D eigenvalue weighted by molar-refractivity contribution is 6.14. The molecule has 2 aromatic rings. The lowest BCUT2D eigenvalue weighted by Crippen LogP contribution is -2.12. The van der Waals surface area contributed by atoms with Crippen LogP contribution in [-0.2, 0) is 4.79 Å². The first-order valence-electron chi connectivity index (χ1n) is 8.07. The zero-order valence-corrected chi connectivity index (χ0v) is 13.7. The summed E-state index contributed by atoms with van der Waals surface area (Å²) >= 11 is 0. The average Bonchev–Trinajstić information content (AvgIpc) is 2.56. The maximum atomic E-state index is 12.7. The molecule has 1 aliphatic rings. The number of phenols is 2. The van der Waals surface area contributed by atoms with Crippen LogP contribution in [0, 0.1) is 0 Å². The molecule has 128 valence electrons. The molecule has 3 rings (SSSR count). The Balaban J connectivity index is 1.93. The SMILES string of the molecule is Nc1ccc(/C=C2\CCC/C(=C\c3ccc(N)cc3O)C2=O)c(O)c1. The van der Waals surface area contributed by atoms with Crippen LogP contribution < -0.4 is 11.5 Å². The van der Waals surface area contributed by atoms with Crippen LogP contribution in [-0.4, -0.2) is 16.0 Å². The fraction of sp³-hybridized carbons (Fsp3) is 0.150. The van der Waals surface area contributed by atoms with Crippen LogP contribution in [0.4, 0.5) is 11.4 Å². The predicted molar refractivity (Wildman–Crippen MR) is 99.9 cm³/mol. The highest BCUT2D eigenvalue weighted by Crippen LogP contribution is 2.32. The van der Waals surface area contributed by atoms with E-state index in [9.17, 15) is 15.0 Å². The summed E-state index contributed by atoms with van der Waals surface area (Å²) in [7, 11) is 0. The van der Waals surface area contributed by atoms with E-state index in [1.807, 2.05) is 0 Å². The maximum absolute atomic E-state index is 12.7. The van der Waals surface area contributed by atoms with Crippen molar-refractivity contribution in [3.05, 3.63) is 58.7 Å². The normalized spacial score (nSPS) is 18.0. The molecule has 0 bridgehead atoms. The van der Waals surface area contributed by atoms with E-state index in [1.54, 1.807) is 36.4 Å². The summed E-state index contributed by atoms with van der Waals surface area (Å²) in [6.45, 7) is 0. The molecule has 0 aromatic heterocycles. The monoisotopic (exact) mass is 336 g/mol. The number of aromatic hydroxyl groups is 2. The molecule has 2 aromatic carbocycles. The summed E-state index contributed by atoms with van der Waals surface area (Å²) < 4.78 is 0. The van der Waals surface area contributed by atoms with E-state index in [1.165, 1.54) is 12.1 Å². The number of carbonyl (C=O) groups excluding carboxylic acids is 1. The van der Waals surface area contributed by atoms with Crippen LogP contribution >= 0.6 is 0 Å². The molecule has 0 atom stereocenters. The van der Waals surface area contributed by atoms with Crippen molar-refractivity contribution in [3.63, 3.8) is 0 Å². The second kappa shape index (κ2) is 6.73. The Kier molecular flexibility index (Phi) is 4.48. The Hall–Kier alpha value is -3.21. The number of ketones is 1. The summed E-state index contributed by atoms with van der Waals surface area (Å²) in [5.74, 6) is 0.0267. The molecule has 1 saturated carbocycles. The minimum Gasteiger partial charge on any atom is -0.507 e. The fourth-order valence-electron chi connectivity index (χ4n) is 2.92. The van der Waals surface area contributed by atoms with Crippen LogP contribution in [0.1, 0.15) is 30.4 Å². The quantitative estimate of drug-likeness (QED) is 0.496. The number of phenolic OH excluding ortho intramolecular Hbond substituents is 2. The van der Waals surface area contributed by atoms with Crippen LogP contribution in [0.5, 0.6) is 11.5 Å². The van der Waals surface area contributed by atoms with Crippen molar-refractivity contribution >= 4 is 29.3 Å². The van der Waals surface area contributed by atoms with Crippen LogP contribution in [0.25, 0.3) is 12.2 Å². The van der Waals surface area contributed by atoms with E-state index in [2.05, 4.69) is 0 Å². The lowest BCUT2D eigenvalue weighted by Gasteiger charge is -2.17. The first-order chi connectivity index (χ1) is 11.9. The smallest absolute Gasteiger partial charge is 0.185 e. The number of benzene rings is 2. The lowest BCUT2D eigenvalue weighted by molar-refractivity contribution is -0.112. The van der Waals surface area contributed by atoms with E-state index >= 15 is 0 Å². The van der Waals surface area contributed by atoms with Crippen molar-refractivity contribution in [2.75, 3.05) is 11.5 Å². The molecule has 25 heavy (non-hydrogen) atoms. The third-order valence-corrected chi connectivity index (χ3v) is 4.24.